The molecule has 1 aromatic rings. The molecule has 0 heterocycles. The zero-order chi connectivity index (χ0) is 16.7. The number of ether oxygens (including phenoxy) is 4. The SMILES string of the molecule is CCOC(=O)Oc1cc(O)c(C(C)=O)cc1OC(=O)OCC. The minimum atomic E-state index is -1.05. The first-order valence-electron chi connectivity index (χ1n) is 6.46. The molecule has 0 aromatic heterocycles. The van der Waals surface area contributed by atoms with Crippen LogP contribution in [0.25, 0.3) is 0 Å². The van der Waals surface area contributed by atoms with Gasteiger partial charge in [-0.1, -0.05) is 0 Å². The third-order valence-corrected chi connectivity index (χ3v) is 2.35. The lowest BCUT2D eigenvalue weighted by Crippen LogP contribution is -2.14. The van der Waals surface area contributed by atoms with E-state index < -0.39 is 23.8 Å². The molecule has 0 amide bonds. The molecule has 0 fully saturated rings. The van der Waals surface area contributed by atoms with Crippen LogP contribution >= 0.6 is 0 Å². The second kappa shape index (κ2) is 7.87. The van der Waals surface area contributed by atoms with Crippen molar-refractivity contribution in [2.45, 2.75) is 20.8 Å². The first kappa shape index (κ1) is 17.3. The van der Waals surface area contributed by atoms with Crippen molar-refractivity contribution < 1.29 is 38.4 Å². The van der Waals surface area contributed by atoms with E-state index in [0.29, 0.717) is 0 Å². The summed E-state index contributed by atoms with van der Waals surface area (Å²) < 4.78 is 18.9. The Morgan fingerprint density at radius 2 is 1.41 bits per heavy atom. The molecule has 0 aliphatic rings. The summed E-state index contributed by atoms with van der Waals surface area (Å²) in [6, 6.07) is 2.05. The summed E-state index contributed by atoms with van der Waals surface area (Å²) >= 11 is 0. The Balaban J connectivity index is 3.16. The van der Waals surface area contributed by atoms with Crippen molar-refractivity contribution in [3.63, 3.8) is 0 Å². The topological polar surface area (TPSA) is 108 Å². The van der Waals surface area contributed by atoms with E-state index in [1.807, 2.05) is 0 Å². The Kier molecular flexibility index (Phi) is 6.18. The highest BCUT2D eigenvalue weighted by molar-refractivity contribution is 5.97. The number of carbonyl (C=O) groups excluding carboxylic acids is 3. The summed E-state index contributed by atoms with van der Waals surface area (Å²) in [6.45, 7) is 4.52. The Labute approximate surface area is 126 Å². The fourth-order valence-electron chi connectivity index (χ4n) is 1.46. The largest absolute Gasteiger partial charge is 0.513 e. The van der Waals surface area contributed by atoms with E-state index in [4.69, 9.17) is 9.47 Å². The number of aromatic hydroxyl groups is 1. The quantitative estimate of drug-likeness (QED) is 0.502. The molecular formula is C14H16O8. The molecule has 0 saturated heterocycles. The van der Waals surface area contributed by atoms with Gasteiger partial charge in [0.15, 0.2) is 17.3 Å². The average molecular weight is 312 g/mol. The van der Waals surface area contributed by atoms with E-state index in [1.165, 1.54) is 6.92 Å². The molecule has 0 radical (unpaired) electrons. The maximum atomic E-state index is 11.4. The van der Waals surface area contributed by atoms with Gasteiger partial charge in [-0.25, -0.2) is 9.59 Å². The van der Waals surface area contributed by atoms with Crippen LogP contribution in [0, 0.1) is 0 Å². The molecule has 120 valence electrons. The van der Waals surface area contributed by atoms with Crippen molar-refractivity contribution in [3.05, 3.63) is 17.7 Å². The van der Waals surface area contributed by atoms with Gasteiger partial charge in [0, 0.05) is 6.07 Å². The van der Waals surface area contributed by atoms with E-state index in [1.54, 1.807) is 13.8 Å². The predicted molar refractivity (Wildman–Crippen MR) is 73.4 cm³/mol. The molecule has 8 heteroatoms. The molecule has 0 spiro atoms. The number of carbonyl (C=O) groups is 3. The molecule has 22 heavy (non-hydrogen) atoms. The number of phenolic OH excluding ortho intramolecular Hbond substituents is 1. The van der Waals surface area contributed by atoms with E-state index >= 15 is 0 Å². The smallest absolute Gasteiger partial charge is 0.507 e. The highest BCUT2D eigenvalue weighted by Crippen LogP contribution is 2.35. The van der Waals surface area contributed by atoms with E-state index in [-0.39, 0.29) is 30.3 Å². The normalized spacial score (nSPS) is 9.77. The highest BCUT2D eigenvalue weighted by atomic mass is 16.7. The molecule has 1 N–H and O–H groups in total. The molecule has 0 unspecified atom stereocenters. The average Bonchev–Trinajstić information content (AvgIpc) is 2.41. The second-order valence-corrected chi connectivity index (χ2v) is 3.94. The van der Waals surface area contributed by atoms with Crippen molar-refractivity contribution in [1.82, 2.24) is 0 Å². The lowest BCUT2D eigenvalue weighted by molar-refractivity contribution is 0.0935. The summed E-state index contributed by atoms with van der Waals surface area (Å²) in [5, 5.41) is 9.74. The van der Waals surface area contributed by atoms with Gasteiger partial charge in [-0.05, 0) is 26.8 Å². The monoisotopic (exact) mass is 312 g/mol. The van der Waals surface area contributed by atoms with Crippen molar-refractivity contribution in [3.8, 4) is 17.2 Å². The summed E-state index contributed by atoms with van der Waals surface area (Å²) in [7, 11) is 0. The van der Waals surface area contributed by atoms with Gasteiger partial charge >= 0.3 is 12.3 Å². The van der Waals surface area contributed by atoms with Gasteiger partial charge in [0.1, 0.15) is 5.75 Å². The van der Waals surface area contributed by atoms with Crippen LogP contribution in [0.15, 0.2) is 12.1 Å². The fraction of sp³-hybridized carbons (Fsp3) is 0.357. The van der Waals surface area contributed by atoms with E-state index in [2.05, 4.69) is 9.47 Å². The van der Waals surface area contributed by atoms with Gasteiger partial charge in [-0.15, -0.1) is 0 Å². The first-order chi connectivity index (χ1) is 10.4. The first-order valence-corrected chi connectivity index (χ1v) is 6.46. The number of hydrogen-bond donors (Lipinski definition) is 1. The molecule has 0 bridgehead atoms. The minimum Gasteiger partial charge on any atom is -0.507 e. The number of hydrogen-bond acceptors (Lipinski definition) is 8. The van der Waals surface area contributed by atoms with Crippen molar-refractivity contribution in [2.75, 3.05) is 13.2 Å². The minimum absolute atomic E-state index is 0.0738. The van der Waals surface area contributed by atoms with Gasteiger partial charge in [0.25, 0.3) is 0 Å². The third kappa shape index (κ3) is 4.65. The summed E-state index contributed by atoms with van der Waals surface area (Å²) in [6.07, 6.45) is -2.09. The zero-order valence-electron chi connectivity index (χ0n) is 12.4. The van der Waals surface area contributed by atoms with Crippen LogP contribution in [0.3, 0.4) is 0 Å². The molecule has 0 saturated carbocycles. The number of ketones is 1. The fourth-order valence-corrected chi connectivity index (χ4v) is 1.46. The van der Waals surface area contributed by atoms with Crippen LogP contribution in [0.2, 0.25) is 0 Å². The third-order valence-electron chi connectivity index (χ3n) is 2.35. The number of rotatable bonds is 5. The Morgan fingerprint density at radius 1 is 0.955 bits per heavy atom. The molecule has 0 atom stereocenters. The predicted octanol–water partition coefficient (Wildman–Crippen LogP) is 2.67. The molecule has 1 rings (SSSR count). The van der Waals surface area contributed by atoms with Crippen molar-refractivity contribution in [1.29, 1.82) is 0 Å². The molecular weight excluding hydrogens is 296 g/mol. The number of Topliss-reactive ketones (excluding diaryl/α,β-unsaturated/α-hetero) is 1. The van der Waals surface area contributed by atoms with Crippen LogP contribution in [-0.2, 0) is 9.47 Å². The van der Waals surface area contributed by atoms with Crippen LogP contribution in [0.1, 0.15) is 31.1 Å². The van der Waals surface area contributed by atoms with Gasteiger partial charge < -0.3 is 24.1 Å². The van der Waals surface area contributed by atoms with Crippen molar-refractivity contribution >= 4 is 18.1 Å². The standard InChI is InChI=1S/C14H16O8/c1-4-19-13(17)21-11-6-9(8(3)15)10(16)7-12(11)22-14(18)20-5-2/h6-7,16H,4-5H2,1-3H3. The van der Waals surface area contributed by atoms with Gasteiger partial charge in [-0.3, -0.25) is 4.79 Å². The highest BCUT2D eigenvalue weighted by Gasteiger charge is 2.20. The van der Waals surface area contributed by atoms with Crippen molar-refractivity contribution in [2.24, 2.45) is 0 Å². The number of phenols is 1. The molecule has 1 aromatic carbocycles. The maximum Gasteiger partial charge on any atom is 0.513 e. The van der Waals surface area contributed by atoms with Crippen LogP contribution in [0.4, 0.5) is 9.59 Å². The van der Waals surface area contributed by atoms with Gasteiger partial charge in [0.2, 0.25) is 0 Å². The Hall–Kier alpha value is -2.77. The lowest BCUT2D eigenvalue weighted by atomic mass is 10.1. The summed E-state index contributed by atoms with van der Waals surface area (Å²) in [5.74, 6) is -1.43. The molecule has 8 nitrogen and oxygen atoms in total. The van der Waals surface area contributed by atoms with Gasteiger partial charge in [-0.2, -0.15) is 0 Å². The Morgan fingerprint density at radius 3 is 1.82 bits per heavy atom. The van der Waals surface area contributed by atoms with Crippen LogP contribution in [-0.4, -0.2) is 36.4 Å². The summed E-state index contributed by atoms with van der Waals surface area (Å²) in [4.78, 5) is 34.1. The molecule has 0 aliphatic carbocycles. The second-order valence-electron chi connectivity index (χ2n) is 3.94. The van der Waals surface area contributed by atoms with Crippen LogP contribution < -0.4 is 9.47 Å². The maximum absolute atomic E-state index is 11.4. The van der Waals surface area contributed by atoms with Crippen LogP contribution in [0.5, 0.6) is 17.2 Å². The lowest BCUT2D eigenvalue weighted by Gasteiger charge is -2.12. The Bertz CT molecular complexity index is 578. The van der Waals surface area contributed by atoms with E-state index in [9.17, 15) is 19.5 Å². The molecule has 0 aliphatic heterocycles. The van der Waals surface area contributed by atoms with E-state index in [0.717, 1.165) is 12.1 Å². The zero-order valence-corrected chi connectivity index (χ0v) is 12.4. The number of benzene rings is 1. The summed E-state index contributed by atoms with van der Waals surface area (Å²) in [5.41, 5.74) is -0.101. The van der Waals surface area contributed by atoms with Gasteiger partial charge in [0.05, 0.1) is 18.8 Å².